The molecule has 0 radical (unpaired) electrons. The minimum Gasteiger partial charge on any atom is -0.309 e. The molecular weight excluding hydrogens is 755 g/mol. The molecule has 0 aliphatic carbocycles. The molecule has 3 heterocycles. The molecule has 9 aromatic carbocycles. The van der Waals surface area contributed by atoms with E-state index < -0.39 is 0 Å². The van der Waals surface area contributed by atoms with Crippen LogP contribution in [0.4, 0.5) is 0 Å². The second-order valence-electron chi connectivity index (χ2n) is 15.6. The van der Waals surface area contributed by atoms with Crippen LogP contribution in [-0.2, 0) is 0 Å². The van der Waals surface area contributed by atoms with Crippen molar-refractivity contribution in [1.82, 2.24) is 24.1 Å². The van der Waals surface area contributed by atoms with Crippen LogP contribution in [0.25, 0.3) is 111 Å². The van der Waals surface area contributed by atoms with Gasteiger partial charge in [-0.25, -0.2) is 15.0 Å². The lowest BCUT2D eigenvalue weighted by Gasteiger charge is -2.15. The Morgan fingerprint density at radius 3 is 1.31 bits per heavy atom. The first kappa shape index (κ1) is 35.5. The second-order valence-corrected chi connectivity index (χ2v) is 15.6. The van der Waals surface area contributed by atoms with Gasteiger partial charge in [0.05, 0.1) is 22.1 Å². The summed E-state index contributed by atoms with van der Waals surface area (Å²) in [7, 11) is 0. The molecule has 12 aromatic rings. The zero-order chi connectivity index (χ0) is 41.0. The molecule has 0 spiro atoms. The van der Waals surface area contributed by atoms with Crippen molar-refractivity contribution >= 4 is 43.6 Å². The van der Waals surface area contributed by atoms with Gasteiger partial charge in [0.25, 0.3) is 0 Å². The number of hydrogen-bond donors (Lipinski definition) is 0. The Morgan fingerprint density at radius 1 is 0.242 bits per heavy atom. The van der Waals surface area contributed by atoms with Crippen LogP contribution in [0.3, 0.4) is 0 Å². The lowest BCUT2D eigenvalue weighted by molar-refractivity contribution is 1.07. The molecule has 0 bridgehead atoms. The Bertz CT molecular complexity index is 3550. The summed E-state index contributed by atoms with van der Waals surface area (Å²) in [6.07, 6.45) is 0. The lowest BCUT2D eigenvalue weighted by Crippen LogP contribution is -2.01. The molecule has 0 fully saturated rings. The summed E-state index contributed by atoms with van der Waals surface area (Å²) in [5.74, 6) is 1.90. The summed E-state index contributed by atoms with van der Waals surface area (Å²) in [4.78, 5) is 15.1. The van der Waals surface area contributed by atoms with Crippen LogP contribution < -0.4 is 0 Å². The molecular formula is C57H37N5. The molecule has 12 rings (SSSR count). The molecule has 0 atom stereocenters. The minimum absolute atomic E-state index is 0.621. The summed E-state index contributed by atoms with van der Waals surface area (Å²) < 4.78 is 4.78. The maximum absolute atomic E-state index is 5.07. The van der Waals surface area contributed by atoms with Crippen molar-refractivity contribution in [2.24, 2.45) is 0 Å². The number of nitrogens with zero attached hydrogens (tertiary/aromatic N) is 5. The van der Waals surface area contributed by atoms with E-state index in [2.05, 4.69) is 173 Å². The molecule has 3 aromatic heterocycles. The molecule has 0 saturated heterocycles. The van der Waals surface area contributed by atoms with E-state index in [1.165, 1.54) is 38.1 Å². The first-order valence-electron chi connectivity index (χ1n) is 20.9. The minimum atomic E-state index is 0.621. The van der Waals surface area contributed by atoms with E-state index >= 15 is 0 Å². The largest absolute Gasteiger partial charge is 0.309 e. The monoisotopic (exact) mass is 791 g/mol. The molecule has 0 aliphatic rings. The molecule has 0 unspecified atom stereocenters. The number of benzene rings is 9. The molecule has 290 valence electrons. The fraction of sp³-hybridized carbons (Fsp3) is 0. The van der Waals surface area contributed by atoms with Crippen LogP contribution in [0.15, 0.2) is 224 Å². The normalized spacial score (nSPS) is 11.5. The molecule has 0 N–H and O–H groups in total. The summed E-state index contributed by atoms with van der Waals surface area (Å²) in [6, 6.07) is 79.5. The van der Waals surface area contributed by atoms with E-state index in [1.54, 1.807) is 0 Å². The smallest absolute Gasteiger partial charge is 0.164 e. The van der Waals surface area contributed by atoms with Gasteiger partial charge < -0.3 is 9.13 Å². The van der Waals surface area contributed by atoms with Crippen LogP contribution in [0.2, 0.25) is 0 Å². The predicted molar refractivity (Wildman–Crippen MR) is 256 cm³/mol. The Kier molecular flexibility index (Phi) is 8.42. The van der Waals surface area contributed by atoms with Crippen molar-refractivity contribution in [3.63, 3.8) is 0 Å². The van der Waals surface area contributed by atoms with Gasteiger partial charge in [-0.3, -0.25) is 0 Å². The number of para-hydroxylation sites is 3. The summed E-state index contributed by atoms with van der Waals surface area (Å²) in [5, 5.41) is 4.84. The Balaban J connectivity index is 1.08. The first-order valence-corrected chi connectivity index (χ1v) is 20.9. The molecule has 5 nitrogen and oxygen atoms in total. The van der Waals surface area contributed by atoms with Gasteiger partial charge in [0.15, 0.2) is 17.5 Å². The summed E-state index contributed by atoms with van der Waals surface area (Å²) >= 11 is 0. The van der Waals surface area contributed by atoms with Crippen LogP contribution in [0.5, 0.6) is 0 Å². The van der Waals surface area contributed by atoms with Crippen molar-refractivity contribution in [1.29, 1.82) is 0 Å². The standard InChI is InChI=1S/C57H37N5/c1-5-18-38(19-6-1)49-37-54-50(36-48(49)41-32-33-47-45-28-13-15-30-51(45)61(53(47)35-41)43-25-11-4-12-26-43)46-29-14-16-31-52(46)62(54)44-27-17-24-42(34-44)57-59-55(39-20-7-2-8-21-39)58-56(60-57)40-22-9-3-10-23-40/h1-37H. The third-order valence-corrected chi connectivity index (χ3v) is 12.0. The van der Waals surface area contributed by atoms with E-state index in [4.69, 9.17) is 15.0 Å². The highest BCUT2D eigenvalue weighted by atomic mass is 15.0. The molecule has 62 heavy (non-hydrogen) atoms. The van der Waals surface area contributed by atoms with Gasteiger partial charge in [0.1, 0.15) is 0 Å². The number of hydrogen-bond acceptors (Lipinski definition) is 3. The number of aromatic nitrogens is 5. The van der Waals surface area contributed by atoms with Crippen molar-refractivity contribution in [2.45, 2.75) is 0 Å². The summed E-state index contributed by atoms with van der Waals surface area (Å²) in [5.41, 5.74) is 14.2. The fourth-order valence-corrected chi connectivity index (χ4v) is 9.10. The van der Waals surface area contributed by atoms with E-state index in [-0.39, 0.29) is 0 Å². The summed E-state index contributed by atoms with van der Waals surface area (Å²) in [6.45, 7) is 0. The fourth-order valence-electron chi connectivity index (χ4n) is 9.10. The van der Waals surface area contributed by atoms with Crippen LogP contribution >= 0.6 is 0 Å². The third kappa shape index (κ3) is 5.98. The number of fused-ring (bicyclic) bond motifs is 6. The van der Waals surface area contributed by atoms with Crippen molar-refractivity contribution < 1.29 is 0 Å². The highest BCUT2D eigenvalue weighted by Crippen LogP contribution is 2.43. The van der Waals surface area contributed by atoms with Crippen LogP contribution in [-0.4, -0.2) is 24.1 Å². The van der Waals surface area contributed by atoms with Gasteiger partial charge in [-0.15, -0.1) is 0 Å². The molecule has 0 saturated carbocycles. The van der Waals surface area contributed by atoms with Gasteiger partial charge >= 0.3 is 0 Å². The van der Waals surface area contributed by atoms with E-state index in [9.17, 15) is 0 Å². The Hall–Kier alpha value is -8.41. The average Bonchev–Trinajstić information content (AvgIpc) is 3.86. The van der Waals surface area contributed by atoms with Crippen LogP contribution in [0.1, 0.15) is 0 Å². The van der Waals surface area contributed by atoms with E-state index in [0.717, 1.165) is 55.8 Å². The maximum atomic E-state index is 5.07. The van der Waals surface area contributed by atoms with Crippen molar-refractivity contribution in [3.8, 4) is 67.8 Å². The maximum Gasteiger partial charge on any atom is 0.164 e. The SMILES string of the molecule is c1ccc(-c2nc(-c3ccccc3)nc(-c3cccc(-n4c5ccccc5c5cc(-c6ccc7c8ccccc8n(-c8ccccc8)c7c6)c(-c6ccccc6)cc54)c3)n2)cc1. The van der Waals surface area contributed by atoms with Crippen LogP contribution in [0, 0.1) is 0 Å². The van der Waals surface area contributed by atoms with Gasteiger partial charge in [-0.2, -0.15) is 0 Å². The van der Waals surface area contributed by atoms with E-state index in [0.29, 0.717) is 17.5 Å². The highest BCUT2D eigenvalue weighted by Gasteiger charge is 2.20. The molecule has 5 heteroatoms. The Labute approximate surface area is 358 Å². The quantitative estimate of drug-likeness (QED) is 0.162. The van der Waals surface area contributed by atoms with Gasteiger partial charge in [-0.05, 0) is 76.9 Å². The average molecular weight is 792 g/mol. The first-order chi connectivity index (χ1) is 30.7. The highest BCUT2D eigenvalue weighted by molar-refractivity contribution is 6.14. The van der Waals surface area contributed by atoms with Crippen molar-refractivity contribution in [2.75, 3.05) is 0 Å². The van der Waals surface area contributed by atoms with Crippen molar-refractivity contribution in [3.05, 3.63) is 224 Å². The van der Waals surface area contributed by atoms with E-state index in [1.807, 2.05) is 60.7 Å². The van der Waals surface area contributed by atoms with Gasteiger partial charge in [0.2, 0.25) is 0 Å². The number of rotatable bonds is 7. The molecule has 0 amide bonds. The Morgan fingerprint density at radius 2 is 0.677 bits per heavy atom. The third-order valence-electron chi connectivity index (χ3n) is 12.0. The predicted octanol–water partition coefficient (Wildman–Crippen LogP) is 14.4. The zero-order valence-electron chi connectivity index (χ0n) is 33.6. The topological polar surface area (TPSA) is 48.5 Å². The zero-order valence-corrected chi connectivity index (χ0v) is 33.6. The lowest BCUT2D eigenvalue weighted by atomic mass is 9.92. The van der Waals surface area contributed by atoms with Gasteiger partial charge in [-0.1, -0.05) is 170 Å². The molecule has 0 aliphatic heterocycles. The second kappa shape index (κ2) is 14.7. The van der Waals surface area contributed by atoms with Gasteiger partial charge in [0, 0.05) is 49.6 Å².